The summed E-state index contributed by atoms with van der Waals surface area (Å²) in [7, 11) is 0. The molecular formula is C5H6N4O3. The zero-order valence-electron chi connectivity index (χ0n) is 5.89. The Bertz CT molecular complexity index is 311. The van der Waals surface area contributed by atoms with Gasteiger partial charge in [-0.3, -0.25) is 0 Å². The van der Waals surface area contributed by atoms with Crippen LogP contribution in [0.3, 0.4) is 0 Å². The molecule has 0 aromatic carbocycles. The van der Waals surface area contributed by atoms with Gasteiger partial charge in [-0.2, -0.15) is 9.78 Å². The number of nitrogen functional groups attached to an aromatic ring is 1. The van der Waals surface area contributed by atoms with Crippen LogP contribution in [0.15, 0.2) is 6.20 Å². The predicted molar refractivity (Wildman–Crippen MR) is 38.6 cm³/mol. The molecule has 0 radical (unpaired) electrons. The lowest BCUT2D eigenvalue weighted by atomic mass is 10.3. The lowest BCUT2D eigenvalue weighted by Gasteiger charge is -1.96. The van der Waals surface area contributed by atoms with Gasteiger partial charge >= 0.3 is 12.0 Å². The fraction of sp³-hybridized carbons (Fsp3) is 0. The van der Waals surface area contributed by atoms with Gasteiger partial charge in [-0.05, 0) is 0 Å². The third kappa shape index (κ3) is 1.07. The number of nitrogens with two attached hydrogens (primary N) is 2. The second-order valence-electron chi connectivity index (χ2n) is 2.00. The van der Waals surface area contributed by atoms with Crippen LogP contribution in [0.25, 0.3) is 0 Å². The van der Waals surface area contributed by atoms with Gasteiger partial charge in [0.05, 0.1) is 6.20 Å². The van der Waals surface area contributed by atoms with Gasteiger partial charge < -0.3 is 16.6 Å². The largest absolute Gasteiger partial charge is 0.477 e. The molecule has 0 fully saturated rings. The first-order valence-electron chi connectivity index (χ1n) is 2.90. The number of carboxylic acids is 1. The zero-order valence-corrected chi connectivity index (χ0v) is 5.89. The van der Waals surface area contributed by atoms with Gasteiger partial charge in [0.15, 0.2) is 0 Å². The highest BCUT2D eigenvalue weighted by Gasteiger charge is 2.15. The van der Waals surface area contributed by atoms with Gasteiger partial charge in [-0.15, -0.1) is 0 Å². The number of nitrogens with zero attached hydrogens (tertiary/aromatic N) is 2. The molecule has 0 unspecified atom stereocenters. The molecule has 0 bridgehead atoms. The Hall–Kier alpha value is -2.05. The summed E-state index contributed by atoms with van der Waals surface area (Å²) in [5.74, 6) is -1.52. The van der Waals surface area contributed by atoms with E-state index >= 15 is 0 Å². The van der Waals surface area contributed by atoms with Crippen LogP contribution in [0, 0.1) is 0 Å². The zero-order chi connectivity index (χ0) is 9.30. The Morgan fingerprint density at radius 3 is 2.42 bits per heavy atom. The van der Waals surface area contributed by atoms with Crippen molar-refractivity contribution in [1.82, 2.24) is 9.78 Å². The van der Waals surface area contributed by atoms with Crippen molar-refractivity contribution < 1.29 is 14.7 Å². The van der Waals surface area contributed by atoms with Crippen molar-refractivity contribution in [3.8, 4) is 0 Å². The number of hydrogen-bond acceptors (Lipinski definition) is 4. The first-order valence-corrected chi connectivity index (χ1v) is 2.90. The van der Waals surface area contributed by atoms with Crippen LogP contribution in [0.4, 0.5) is 10.6 Å². The van der Waals surface area contributed by atoms with Crippen molar-refractivity contribution >= 4 is 17.8 Å². The highest BCUT2D eigenvalue weighted by molar-refractivity contribution is 5.94. The van der Waals surface area contributed by atoms with E-state index in [4.69, 9.17) is 16.6 Å². The molecule has 12 heavy (non-hydrogen) atoms. The van der Waals surface area contributed by atoms with Crippen LogP contribution in [0.5, 0.6) is 0 Å². The number of carbonyl (C=O) groups is 2. The number of hydrogen-bond donors (Lipinski definition) is 3. The van der Waals surface area contributed by atoms with E-state index in [-0.39, 0.29) is 11.4 Å². The maximum Gasteiger partial charge on any atom is 0.341 e. The number of anilines is 1. The number of carbonyl (C=O) groups excluding carboxylic acids is 1. The molecule has 1 aromatic heterocycles. The summed E-state index contributed by atoms with van der Waals surface area (Å²) in [5.41, 5.74) is 9.80. The first kappa shape index (κ1) is 8.05. The summed E-state index contributed by atoms with van der Waals surface area (Å²) >= 11 is 0. The molecule has 0 atom stereocenters. The normalized spacial score (nSPS) is 9.67. The third-order valence-electron chi connectivity index (χ3n) is 1.25. The fourth-order valence-corrected chi connectivity index (χ4v) is 0.698. The smallest absolute Gasteiger partial charge is 0.341 e. The lowest BCUT2D eigenvalue weighted by Crippen LogP contribution is -2.22. The Kier molecular flexibility index (Phi) is 1.70. The van der Waals surface area contributed by atoms with Crippen LogP contribution in [-0.2, 0) is 0 Å². The SMILES string of the molecule is NC(=O)n1ncc(C(=O)O)c1N. The van der Waals surface area contributed by atoms with Crippen molar-refractivity contribution in [3.63, 3.8) is 0 Å². The maximum absolute atomic E-state index is 10.5. The Morgan fingerprint density at radius 1 is 1.58 bits per heavy atom. The van der Waals surface area contributed by atoms with Gasteiger partial charge in [0.1, 0.15) is 11.4 Å². The number of carboxylic acid groups (broad SMARTS) is 1. The van der Waals surface area contributed by atoms with Crippen LogP contribution in [0.1, 0.15) is 10.4 Å². The summed E-state index contributed by atoms with van der Waals surface area (Å²) in [6.07, 6.45) is 0.961. The highest BCUT2D eigenvalue weighted by Crippen LogP contribution is 2.09. The van der Waals surface area contributed by atoms with E-state index in [1.807, 2.05) is 0 Å². The third-order valence-corrected chi connectivity index (χ3v) is 1.25. The summed E-state index contributed by atoms with van der Waals surface area (Å²) in [6.45, 7) is 0. The van der Waals surface area contributed by atoms with Gasteiger partial charge in [0.2, 0.25) is 0 Å². The van der Waals surface area contributed by atoms with E-state index in [2.05, 4.69) is 5.10 Å². The minimum Gasteiger partial charge on any atom is -0.477 e. The summed E-state index contributed by atoms with van der Waals surface area (Å²) in [4.78, 5) is 20.9. The van der Waals surface area contributed by atoms with Gasteiger partial charge in [0, 0.05) is 0 Å². The van der Waals surface area contributed by atoms with Crippen molar-refractivity contribution in [1.29, 1.82) is 0 Å². The molecule has 7 heteroatoms. The van der Waals surface area contributed by atoms with E-state index in [0.717, 1.165) is 6.20 Å². The summed E-state index contributed by atoms with van der Waals surface area (Å²) in [6, 6.07) is -0.917. The molecule has 0 aliphatic carbocycles. The second-order valence-corrected chi connectivity index (χ2v) is 2.00. The van der Waals surface area contributed by atoms with Crippen molar-refractivity contribution in [2.75, 3.05) is 5.73 Å². The molecule has 0 saturated carbocycles. The maximum atomic E-state index is 10.5. The molecule has 1 heterocycles. The molecule has 0 aliphatic heterocycles. The average molecular weight is 170 g/mol. The van der Waals surface area contributed by atoms with Crippen molar-refractivity contribution in [2.45, 2.75) is 0 Å². The minimum atomic E-state index is -1.25. The topological polar surface area (TPSA) is 124 Å². The van der Waals surface area contributed by atoms with Crippen molar-refractivity contribution in [2.24, 2.45) is 5.73 Å². The molecular weight excluding hydrogens is 164 g/mol. The van der Waals surface area contributed by atoms with Crippen LogP contribution in [0.2, 0.25) is 0 Å². The molecule has 7 nitrogen and oxygen atoms in total. The fourth-order valence-electron chi connectivity index (χ4n) is 0.698. The van der Waals surface area contributed by atoms with Gasteiger partial charge in [-0.1, -0.05) is 0 Å². The highest BCUT2D eigenvalue weighted by atomic mass is 16.4. The van der Waals surface area contributed by atoms with Crippen LogP contribution >= 0.6 is 0 Å². The Balaban J connectivity index is 3.22. The average Bonchev–Trinajstić information content (AvgIpc) is 2.30. The number of rotatable bonds is 1. The van der Waals surface area contributed by atoms with Gasteiger partial charge in [0.25, 0.3) is 0 Å². The molecule has 64 valence electrons. The van der Waals surface area contributed by atoms with E-state index in [0.29, 0.717) is 4.68 Å². The van der Waals surface area contributed by atoms with Gasteiger partial charge in [-0.25, -0.2) is 9.59 Å². The van der Waals surface area contributed by atoms with Crippen LogP contribution in [-0.4, -0.2) is 26.9 Å². The number of aromatic carboxylic acids is 1. The standard InChI is InChI=1S/C5H6N4O3/c6-3-2(4(10)11)1-8-9(3)5(7)12/h1H,6H2,(H2,7,12)(H,10,11). The molecule has 1 aromatic rings. The first-order chi connectivity index (χ1) is 5.54. The Morgan fingerprint density at radius 2 is 2.17 bits per heavy atom. The van der Waals surface area contributed by atoms with E-state index < -0.39 is 12.0 Å². The number of amides is 1. The summed E-state index contributed by atoms with van der Waals surface area (Å²) < 4.78 is 0.615. The molecule has 0 aliphatic rings. The molecule has 1 rings (SSSR count). The molecule has 0 saturated heterocycles. The molecule has 5 N–H and O–H groups in total. The molecule has 0 spiro atoms. The number of aromatic nitrogens is 2. The minimum absolute atomic E-state index is 0.242. The van der Waals surface area contributed by atoms with E-state index in [9.17, 15) is 9.59 Å². The predicted octanol–water partition coefficient (Wildman–Crippen LogP) is -0.910. The second kappa shape index (κ2) is 2.53. The van der Waals surface area contributed by atoms with E-state index in [1.165, 1.54) is 0 Å². The van der Waals surface area contributed by atoms with E-state index in [1.54, 1.807) is 0 Å². The Labute approximate surface area is 66.6 Å². The number of primary amides is 1. The summed E-state index contributed by atoms with van der Waals surface area (Å²) in [5, 5.41) is 11.8. The quantitative estimate of drug-likeness (QED) is 0.503. The van der Waals surface area contributed by atoms with Crippen LogP contribution < -0.4 is 11.5 Å². The molecule has 1 amide bonds. The monoisotopic (exact) mass is 170 g/mol. The van der Waals surface area contributed by atoms with Crippen molar-refractivity contribution in [3.05, 3.63) is 11.8 Å². The lowest BCUT2D eigenvalue weighted by molar-refractivity contribution is 0.0698.